The number of halogens is 1. The Hall–Kier alpha value is -1.59. The van der Waals surface area contributed by atoms with Gasteiger partial charge in [0.1, 0.15) is 5.72 Å². The quantitative estimate of drug-likeness (QED) is 0.829. The molecule has 0 aromatic heterocycles. The van der Waals surface area contributed by atoms with E-state index in [2.05, 4.69) is 0 Å². The number of carboxylic acid groups (broad SMARTS) is 1. The van der Waals surface area contributed by atoms with Gasteiger partial charge in [-0.25, -0.2) is 0 Å². The first-order valence-corrected chi connectivity index (χ1v) is 7.86. The molecule has 0 bridgehead atoms. The predicted molar refractivity (Wildman–Crippen MR) is 78.2 cm³/mol. The van der Waals surface area contributed by atoms with Gasteiger partial charge < -0.3 is 14.6 Å². The first-order chi connectivity index (χ1) is 10.6. The number of rotatable bonds is 2. The summed E-state index contributed by atoms with van der Waals surface area (Å²) < 4.78 is 5.79. The van der Waals surface area contributed by atoms with Crippen LogP contribution in [0.1, 0.15) is 42.5 Å². The van der Waals surface area contributed by atoms with Gasteiger partial charge in [0.15, 0.2) is 0 Å². The third-order valence-corrected chi connectivity index (χ3v) is 4.82. The van der Waals surface area contributed by atoms with Crippen LogP contribution in [0.15, 0.2) is 24.3 Å². The molecule has 3 rings (SSSR count). The van der Waals surface area contributed by atoms with Crippen molar-refractivity contribution in [1.82, 2.24) is 4.90 Å². The second-order valence-electron chi connectivity index (χ2n) is 5.81. The lowest BCUT2D eigenvalue weighted by Gasteiger charge is -2.42. The van der Waals surface area contributed by atoms with Crippen molar-refractivity contribution in [3.63, 3.8) is 0 Å². The second-order valence-corrected chi connectivity index (χ2v) is 6.21. The first-order valence-electron chi connectivity index (χ1n) is 7.48. The van der Waals surface area contributed by atoms with Gasteiger partial charge in [0.05, 0.1) is 29.2 Å². The summed E-state index contributed by atoms with van der Waals surface area (Å²) >= 11 is 6.10. The molecule has 0 N–H and O–H groups in total. The molecule has 0 radical (unpaired) electrons. The van der Waals surface area contributed by atoms with Crippen LogP contribution in [0.2, 0.25) is 5.02 Å². The summed E-state index contributed by atoms with van der Waals surface area (Å²) in [6.07, 6.45) is 4.17. The van der Waals surface area contributed by atoms with Crippen molar-refractivity contribution in [3.8, 4) is 0 Å². The first kappa shape index (κ1) is 15.3. The maximum Gasteiger partial charge on any atom is 0.258 e. The van der Waals surface area contributed by atoms with Gasteiger partial charge >= 0.3 is 0 Å². The SMILES string of the molecule is O=C([O-])[C@H]1COC2(CCCCC2)N1C(=O)c1ccccc1Cl. The van der Waals surface area contributed by atoms with Crippen LogP contribution in [0.3, 0.4) is 0 Å². The fourth-order valence-corrected chi connectivity index (χ4v) is 3.63. The summed E-state index contributed by atoms with van der Waals surface area (Å²) in [5.74, 6) is -1.69. The number of aliphatic carboxylic acids is 1. The van der Waals surface area contributed by atoms with Crippen molar-refractivity contribution >= 4 is 23.5 Å². The van der Waals surface area contributed by atoms with E-state index in [1.807, 2.05) is 0 Å². The molecule has 22 heavy (non-hydrogen) atoms. The number of carboxylic acids is 1. The highest BCUT2D eigenvalue weighted by molar-refractivity contribution is 6.33. The lowest BCUT2D eigenvalue weighted by Crippen LogP contribution is -2.57. The van der Waals surface area contributed by atoms with Gasteiger partial charge in [-0.1, -0.05) is 30.2 Å². The maximum atomic E-state index is 12.9. The molecule has 1 saturated carbocycles. The summed E-state index contributed by atoms with van der Waals surface area (Å²) in [6.45, 7) is -0.0292. The Bertz CT molecular complexity index is 598. The largest absolute Gasteiger partial charge is 0.548 e. The van der Waals surface area contributed by atoms with Crippen LogP contribution in [0.25, 0.3) is 0 Å². The van der Waals surface area contributed by atoms with Gasteiger partial charge in [-0.3, -0.25) is 9.69 Å². The molecule has 1 aliphatic carbocycles. The fourth-order valence-electron chi connectivity index (χ4n) is 3.42. The zero-order valence-corrected chi connectivity index (χ0v) is 12.8. The van der Waals surface area contributed by atoms with Crippen LogP contribution in [-0.4, -0.2) is 35.2 Å². The van der Waals surface area contributed by atoms with Gasteiger partial charge in [0.2, 0.25) is 0 Å². The van der Waals surface area contributed by atoms with Crippen molar-refractivity contribution < 1.29 is 19.4 Å². The van der Waals surface area contributed by atoms with Crippen molar-refractivity contribution in [2.24, 2.45) is 0 Å². The molecule has 1 aromatic carbocycles. The topological polar surface area (TPSA) is 69.7 Å². The zero-order chi connectivity index (χ0) is 15.7. The highest BCUT2D eigenvalue weighted by Gasteiger charge is 2.51. The van der Waals surface area contributed by atoms with E-state index in [1.54, 1.807) is 24.3 Å². The second kappa shape index (κ2) is 5.89. The molecule has 1 saturated heterocycles. The minimum absolute atomic E-state index is 0.0292. The summed E-state index contributed by atoms with van der Waals surface area (Å²) in [4.78, 5) is 25.7. The smallest absolute Gasteiger partial charge is 0.258 e. The highest BCUT2D eigenvalue weighted by atomic mass is 35.5. The molecule has 1 spiro atoms. The fraction of sp³-hybridized carbons (Fsp3) is 0.500. The van der Waals surface area contributed by atoms with Crippen molar-refractivity contribution in [1.29, 1.82) is 0 Å². The average Bonchev–Trinajstić information content (AvgIpc) is 2.87. The van der Waals surface area contributed by atoms with E-state index >= 15 is 0 Å². The average molecular weight is 323 g/mol. The number of nitrogens with zero attached hydrogens (tertiary/aromatic N) is 1. The Labute approximate surface area is 133 Å². The van der Waals surface area contributed by atoms with Crippen LogP contribution < -0.4 is 5.11 Å². The van der Waals surface area contributed by atoms with Crippen LogP contribution in [0, 0.1) is 0 Å². The van der Waals surface area contributed by atoms with Crippen LogP contribution in [-0.2, 0) is 9.53 Å². The van der Waals surface area contributed by atoms with Gasteiger partial charge in [0.25, 0.3) is 5.91 Å². The third kappa shape index (κ3) is 2.48. The van der Waals surface area contributed by atoms with Gasteiger partial charge in [-0.2, -0.15) is 0 Å². The van der Waals surface area contributed by atoms with E-state index in [0.29, 0.717) is 23.4 Å². The molecule has 5 nitrogen and oxygen atoms in total. The number of carbonyl (C=O) groups is 2. The van der Waals surface area contributed by atoms with Gasteiger partial charge in [-0.05, 0) is 37.8 Å². The molecule has 1 atom stereocenters. The van der Waals surface area contributed by atoms with E-state index in [4.69, 9.17) is 16.3 Å². The van der Waals surface area contributed by atoms with E-state index in [0.717, 1.165) is 19.3 Å². The van der Waals surface area contributed by atoms with Crippen LogP contribution >= 0.6 is 11.6 Å². The van der Waals surface area contributed by atoms with Gasteiger partial charge in [0, 0.05) is 0 Å². The summed E-state index contributed by atoms with van der Waals surface area (Å²) in [7, 11) is 0. The maximum absolute atomic E-state index is 12.9. The Morgan fingerprint density at radius 2 is 1.91 bits per heavy atom. The lowest BCUT2D eigenvalue weighted by atomic mass is 9.89. The molecule has 2 fully saturated rings. The van der Waals surface area contributed by atoms with Crippen molar-refractivity contribution in [2.45, 2.75) is 43.9 Å². The van der Waals surface area contributed by atoms with Gasteiger partial charge in [-0.15, -0.1) is 0 Å². The Morgan fingerprint density at radius 3 is 2.55 bits per heavy atom. The predicted octanol–water partition coefficient (Wildman–Crippen LogP) is 1.59. The number of hydrogen-bond acceptors (Lipinski definition) is 4. The summed E-state index contributed by atoms with van der Waals surface area (Å²) in [5, 5.41) is 11.7. The van der Waals surface area contributed by atoms with E-state index < -0.39 is 23.6 Å². The minimum Gasteiger partial charge on any atom is -0.548 e. The van der Waals surface area contributed by atoms with E-state index in [9.17, 15) is 14.7 Å². The molecular formula is C16H17ClNO4-. The Kier molecular flexibility index (Phi) is 4.10. The normalized spacial score (nSPS) is 23.7. The molecule has 1 aliphatic heterocycles. The summed E-state index contributed by atoms with van der Waals surface area (Å²) in [5.41, 5.74) is -0.537. The zero-order valence-electron chi connectivity index (χ0n) is 12.1. The number of hydrogen-bond donors (Lipinski definition) is 0. The molecular weight excluding hydrogens is 306 g/mol. The molecule has 1 aromatic rings. The third-order valence-electron chi connectivity index (χ3n) is 4.49. The van der Waals surface area contributed by atoms with E-state index in [-0.39, 0.29) is 6.61 Å². The standard InChI is InChI=1S/C16H18ClNO4/c17-12-7-3-2-6-11(12)14(19)18-13(15(20)21)10-22-16(18)8-4-1-5-9-16/h2-3,6-7,13H,1,4-5,8-10H2,(H,20,21)/p-1/t13-/m1/s1. The lowest BCUT2D eigenvalue weighted by molar-refractivity contribution is -0.310. The van der Waals surface area contributed by atoms with E-state index in [1.165, 1.54) is 4.90 Å². The molecule has 1 amide bonds. The molecule has 2 aliphatic rings. The minimum atomic E-state index is -1.29. The molecule has 1 heterocycles. The van der Waals surface area contributed by atoms with Crippen molar-refractivity contribution in [3.05, 3.63) is 34.9 Å². The van der Waals surface area contributed by atoms with Crippen molar-refractivity contribution in [2.75, 3.05) is 6.61 Å². The molecule has 0 unspecified atom stereocenters. The van der Waals surface area contributed by atoms with Crippen LogP contribution in [0.5, 0.6) is 0 Å². The number of ether oxygens (including phenoxy) is 1. The van der Waals surface area contributed by atoms with Crippen LogP contribution in [0.4, 0.5) is 0 Å². The summed E-state index contributed by atoms with van der Waals surface area (Å²) in [6, 6.07) is 5.59. The number of benzene rings is 1. The molecule has 6 heteroatoms. The Morgan fingerprint density at radius 1 is 1.23 bits per heavy atom. The number of amides is 1. The number of carbonyl (C=O) groups excluding carboxylic acids is 2. The molecule has 118 valence electrons. The Balaban J connectivity index is 2.00. The highest BCUT2D eigenvalue weighted by Crippen LogP contribution is 2.41. The monoisotopic (exact) mass is 322 g/mol.